The van der Waals surface area contributed by atoms with Crippen LogP contribution in [0.4, 0.5) is 0 Å². The molecule has 6 aromatic rings. The van der Waals surface area contributed by atoms with Crippen LogP contribution in [-0.4, -0.2) is 9.36 Å². The molecule has 0 saturated heterocycles. The molecule has 6 rings (SSSR count). The van der Waals surface area contributed by atoms with Crippen LogP contribution in [-0.2, 0) is 0 Å². The Hall–Kier alpha value is -3.30. The molecule has 0 N–H and O–H groups in total. The lowest BCUT2D eigenvalue weighted by Crippen LogP contribution is -1.88. The van der Waals surface area contributed by atoms with Crippen LogP contribution in [0.15, 0.2) is 84.9 Å². The van der Waals surface area contributed by atoms with Gasteiger partial charge >= 0.3 is 0 Å². The van der Waals surface area contributed by atoms with Crippen LogP contribution in [0.1, 0.15) is 0 Å². The van der Waals surface area contributed by atoms with Gasteiger partial charge in [0.1, 0.15) is 5.01 Å². The molecular formula is C24H14N2S. The molecule has 2 nitrogen and oxygen atoms in total. The first-order chi connectivity index (χ1) is 13.4. The van der Waals surface area contributed by atoms with Crippen LogP contribution < -0.4 is 0 Å². The monoisotopic (exact) mass is 362 g/mol. The van der Waals surface area contributed by atoms with Crippen LogP contribution in [0.2, 0.25) is 0 Å². The van der Waals surface area contributed by atoms with E-state index in [0.717, 1.165) is 22.0 Å². The highest BCUT2D eigenvalue weighted by molar-refractivity contribution is 7.09. The van der Waals surface area contributed by atoms with Gasteiger partial charge in [-0.2, -0.15) is 4.37 Å². The van der Waals surface area contributed by atoms with Gasteiger partial charge in [0.2, 0.25) is 0 Å². The fourth-order valence-electron chi connectivity index (χ4n) is 3.96. The van der Waals surface area contributed by atoms with E-state index in [9.17, 15) is 0 Å². The average Bonchev–Trinajstić information content (AvgIpc) is 3.23. The second kappa shape index (κ2) is 5.60. The number of hydrogen-bond donors (Lipinski definition) is 0. The van der Waals surface area contributed by atoms with Crippen molar-refractivity contribution in [2.45, 2.75) is 0 Å². The van der Waals surface area contributed by atoms with Gasteiger partial charge in [-0.1, -0.05) is 78.9 Å². The van der Waals surface area contributed by atoms with Gasteiger partial charge in [0, 0.05) is 11.1 Å². The maximum absolute atomic E-state index is 4.84. The molecule has 126 valence electrons. The first-order valence-corrected chi connectivity index (χ1v) is 9.72. The van der Waals surface area contributed by atoms with E-state index in [-0.39, 0.29) is 0 Å². The van der Waals surface area contributed by atoms with Gasteiger partial charge in [0.25, 0.3) is 0 Å². The fourth-order valence-corrected chi connectivity index (χ4v) is 4.64. The molecule has 5 aromatic carbocycles. The molecular weight excluding hydrogens is 348 g/mol. The number of rotatable bonds is 2. The summed E-state index contributed by atoms with van der Waals surface area (Å²) in [5.41, 5.74) is 2.21. The van der Waals surface area contributed by atoms with E-state index in [1.165, 1.54) is 43.8 Å². The third kappa shape index (κ3) is 2.19. The molecule has 0 aliphatic rings. The third-order valence-electron chi connectivity index (χ3n) is 5.22. The van der Waals surface area contributed by atoms with E-state index >= 15 is 0 Å². The van der Waals surface area contributed by atoms with E-state index in [0.29, 0.717) is 0 Å². The Morgan fingerprint density at radius 1 is 0.593 bits per heavy atom. The van der Waals surface area contributed by atoms with Gasteiger partial charge in [-0.25, -0.2) is 4.98 Å². The zero-order chi connectivity index (χ0) is 17.8. The van der Waals surface area contributed by atoms with Crippen molar-refractivity contribution in [1.82, 2.24) is 9.36 Å². The van der Waals surface area contributed by atoms with Crippen molar-refractivity contribution >= 4 is 43.8 Å². The highest BCUT2D eigenvalue weighted by Crippen LogP contribution is 2.39. The summed E-state index contributed by atoms with van der Waals surface area (Å²) in [6.45, 7) is 0. The van der Waals surface area contributed by atoms with E-state index in [1.807, 2.05) is 18.2 Å². The fraction of sp³-hybridized carbons (Fsp3) is 0. The van der Waals surface area contributed by atoms with Crippen molar-refractivity contribution in [3.63, 3.8) is 0 Å². The van der Waals surface area contributed by atoms with Gasteiger partial charge in [-0.3, -0.25) is 0 Å². The molecule has 1 aromatic heterocycles. The Morgan fingerprint density at radius 3 is 2.11 bits per heavy atom. The minimum Gasteiger partial charge on any atom is -0.215 e. The summed E-state index contributed by atoms with van der Waals surface area (Å²) in [6.07, 6.45) is 0. The molecule has 0 bridgehead atoms. The van der Waals surface area contributed by atoms with Gasteiger partial charge in [0.05, 0.1) is 0 Å². The number of aromatic nitrogens is 2. The van der Waals surface area contributed by atoms with E-state index in [4.69, 9.17) is 4.98 Å². The first kappa shape index (κ1) is 14.8. The predicted octanol–water partition coefficient (Wildman–Crippen LogP) is 6.77. The molecule has 0 aliphatic carbocycles. The molecule has 0 unspecified atom stereocenters. The Bertz CT molecular complexity index is 1400. The third-order valence-corrected chi connectivity index (χ3v) is 5.98. The summed E-state index contributed by atoms with van der Waals surface area (Å²) in [5.74, 6) is 0.803. The topological polar surface area (TPSA) is 25.8 Å². The zero-order valence-corrected chi connectivity index (χ0v) is 15.2. The molecule has 0 saturated carbocycles. The van der Waals surface area contributed by atoms with Gasteiger partial charge in [-0.05, 0) is 49.9 Å². The molecule has 0 radical (unpaired) electrons. The highest BCUT2D eigenvalue weighted by Gasteiger charge is 2.15. The lowest BCUT2D eigenvalue weighted by Gasteiger charge is -2.12. The number of nitrogens with zero attached hydrogens (tertiary/aromatic N) is 2. The largest absolute Gasteiger partial charge is 0.215 e. The summed E-state index contributed by atoms with van der Waals surface area (Å²) in [4.78, 5) is 4.84. The maximum atomic E-state index is 4.84. The summed E-state index contributed by atoms with van der Waals surface area (Å²) < 4.78 is 4.68. The summed E-state index contributed by atoms with van der Waals surface area (Å²) in [5, 5.41) is 8.62. The second-order valence-corrected chi connectivity index (χ2v) is 7.51. The molecule has 3 heteroatoms. The summed E-state index contributed by atoms with van der Waals surface area (Å²) in [6, 6.07) is 29.9. The van der Waals surface area contributed by atoms with Gasteiger partial charge in [-0.15, -0.1) is 0 Å². The SMILES string of the molecule is c1ccc(-c2nc(-c3ccc4ccc5cccc6ccc3c4c56)ns2)cc1. The van der Waals surface area contributed by atoms with Gasteiger partial charge < -0.3 is 0 Å². The Labute approximate surface area is 160 Å². The summed E-state index contributed by atoms with van der Waals surface area (Å²) >= 11 is 1.46. The molecule has 0 spiro atoms. The maximum Gasteiger partial charge on any atom is 0.174 e. The van der Waals surface area contributed by atoms with Crippen molar-refractivity contribution < 1.29 is 0 Å². The molecule has 27 heavy (non-hydrogen) atoms. The standard InChI is InChI=1S/C24H14N2S/c1-2-5-18(6-3-1)24-25-23(26-27-24)20-14-12-17-10-9-15-7-4-8-16-11-13-19(20)22(17)21(15)16/h1-14H. The van der Waals surface area contributed by atoms with Crippen molar-refractivity contribution in [1.29, 1.82) is 0 Å². The quantitative estimate of drug-likeness (QED) is 0.318. The van der Waals surface area contributed by atoms with E-state index in [2.05, 4.69) is 71.1 Å². The van der Waals surface area contributed by atoms with Crippen LogP contribution in [0.5, 0.6) is 0 Å². The van der Waals surface area contributed by atoms with Crippen molar-refractivity contribution in [2.24, 2.45) is 0 Å². The normalized spacial score (nSPS) is 11.7. The van der Waals surface area contributed by atoms with Crippen LogP contribution >= 0.6 is 11.5 Å². The lowest BCUT2D eigenvalue weighted by molar-refractivity contribution is 1.33. The van der Waals surface area contributed by atoms with Crippen molar-refractivity contribution in [2.75, 3.05) is 0 Å². The summed E-state index contributed by atoms with van der Waals surface area (Å²) in [7, 11) is 0. The molecule has 0 amide bonds. The van der Waals surface area contributed by atoms with E-state index in [1.54, 1.807) is 0 Å². The first-order valence-electron chi connectivity index (χ1n) is 8.94. The minimum atomic E-state index is 0.803. The smallest absolute Gasteiger partial charge is 0.174 e. The number of benzene rings is 5. The zero-order valence-electron chi connectivity index (χ0n) is 14.4. The average molecular weight is 362 g/mol. The Kier molecular flexibility index (Phi) is 3.07. The lowest BCUT2D eigenvalue weighted by atomic mass is 9.92. The molecule has 1 heterocycles. The number of hydrogen-bond acceptors (Lipinski definition) is 3. The minimum absolute atomic E-state index is 0.803. The van der Waals surface area contributed by atoms with Crippen molar-refractivity contribution in [3.05, 3.63) is 84.9 Å². The van der Waals surface area contributed by atoms with Crippen molar-refractivity contribution in [3.8, 4) is 22.0 Å². The van der Waals surface area contributed by atoms with Crippen LogP contribution in [0.3, 0.4) is 0 Å². The highest BCUT2D eigenvalue weighted by atomic mass is 32.1. The van der Waals surface area contributed by atoms with Gasteiger partial charge in [0.15, 0.2) is 5.82 Å². The van der Waals surface area contributed by atoms with Crippen LogP contribution in [0, 0.1) is 0 Å². The van der Waals surface area contributed by atoms with Crippen LogP contribution in [0.25, 0.3) is 54.3 Å². The Morgan fingerprint density at radius 2 is 1.30 bits per heavy atom. The molecule has 0 fully saturated rings. The Balaban J connectivity index is 1.64. The molecule has 0 atom stereocenters. The predicted molar refractivity (Wildman–Crippen MR) is 114 cm³/mol. The second-order valence-electron chi connectivity index (χ2n) is 6.76. The molecule has 0 aliphatic heterocycles. The van der Waals surface area contributed by atoms with E-state index < -0.39 is 0 Å².